The molecule has 1 aromatic rings. The van der Waals surface area contributed by atoms with Gasteiger partial charge >= 0.3 is 0 Å². The number of hydrogen-bond donors (Lipinski definition) is 1. The summed E-state index contributed by atoms with van der Waals surface area (Å²) in [6.45, 7) is 3.15. The van der Waals surface area contributed by atoms with Gasteiger partial charge in [0.25, 0.3) is 0 Å². The summed E-state index contributed by atoms with van der Waals surface area (Å²) < 4.78 is 0. The van der Waals surface area contributed by atoms with Crippen LogP contribution < -0.4 is 5.32 Å². The van der Waals surface area contributed by atoms with Crippen molar-refractivity contribution in [2.24, 2.45) is 0 Å². The molecule has 1 atom stereocenters. The topological polar surface area (TPSA) is 12.0 Å². The van der Waals surface area contributed by atoms with Crippen molar-refractivity contribution in [3.8, 4) is 12.3 Å². The van der Waals surface area contributed by atoms with Gasteiger partial charge in [0.2, 0.25) is 0 Å². The highest BCUT2D eigenvalue weighted by molar-refractivity contribution is 6.35. The SMILES string of the molecule is C#CCCC(Cc1ccc(Cl)cc1Cl)NCCC. The highest BCUT2D eigenvalue weighted by Gasteiger charge is 2.10. The Kier molecular flexibility index (Phi) is 7.20. The van der Waals surface area contributed by atoms with Gasteiger partial charge in [0.1, 0.15) is 0 Å². The standard InChI is InChI=1S/C15H19Cl2N/c1-3-5-6-14(18-9-4-2)10-12-7-8-13(16)11-15(12)17/h1,7-8,11,14,18H,4-6,9-10H2,2H3. The second kappa shape index (κ2) is 8.43. The molecule has 0 radical (unpaired) electrons. The molecule has 0 heterocycles. The molecule has 0 saturated carbocycles. The predicted octanol–water partition coefficient (Wildman–Crippen LogP) is 4.32. The molecule has 0 aromatic heterocycles. The van der Waals surface area contributed by atoms with Crippen LogP contribution in [0.2, 0.25) is 10.0 Å². The second-order valence-corrected chi connectivity index (χ2v) is 5.18. The zero-order valence-corrected chi connectivity index (χ0v) is 12.2. The summed E-state index contributed by atoms with van der Waals surface area (Å²) in [5.41, 5.74) is 1.12. The molecule has 98 valence electrons. The third kappa shape index (κ3) is 5.31. The van der Waals surface area contributed by atoms with Gasteiger partial charge < -0.3 is 5.32 Å². The Morgan fingerprint density at radius 1 is 1.39 bits per heavy atom. The van der Waals surface area contributed by atoms with Gasteiger partial charge in [0.05, 0.1) is 0 Å². The van der Waals surface area contributed by atoms with Crippen LogP contribution in [0, 0.1) is 12.3 Å². The molecule has 1 N–H and O–H groups in total. The van der Waals surface area contributed by atoms with Gasteiger partial charge in [-0.15, -0.1) is 12.3 Å². The Morgan fingerprint density at radius 3 is 2.78 bits per heavy atom. The molecule has 18 heavy (non-hydrogen) atoms. The van der Waals surface area contributed by atoms with Crippen molar-refractivity contribution in [2.45, 2.75) is 38.6 Å². The van der Waals surface area contributed by atoms with E-state index in [2.05, 4.69) is 18.2 Å². The molecule has 3 heteroatoms. The van der Waals surface area contributed by atoms with E-state index >= 15 is 0 Å². The van der Waals surface area contributed by atoms with Crippen LogP contribution in [-0.4, -0.2) is 12.6 Å². The average molecular weight is 284 g/mol. The molecule has 0 aliphatic heterocycles. The molecule has 0 amide bonds. The quantitative estimate of drug-likeness (QED) is 0.735. The molecule has 0 bridgehead atoms. The van der Waals surface area contributed by atoms with Crippen molar-refractivity contribution >= 4 is 23.2 Å². The van der Waals surface area contributed by atoms with Crippen molar-refractivity contribution in [1.29, 1.82) is 0 Å². The second-order valence-electron chi connectivity index (χ2n) is 4.33. The van der Waals surface area contributed by atoms with Crippen molar-refractivity contribution in [1.82, 2.24) is 5.32 Å². The molecule has 0 saturated heterocycles. The van der Waals surface area contributed by atoms with E-state index in [9.17, 15) is 0 Å². The van der Waals surface area contributed by atoms with Crippen LogP contribution in [0.1, 0.15) is 31.7 Å². The molecule has 0 fully saturated rings. The number of benzene rings is 1. The van der Waals surface area contributed by atoms with Gasteiger partial charge in [-0.25, -0.2) is 0 Å². The molecule has 0 spiro atoms. The van der Waals surface area contributed by atoms with Gasteiger partial charge in [-0.3, -0.25) is 0 Å². The van der Waals surface area contributed by atoms with Crippen LogP contribution in [0.5, 0.6) is 0 Å². The van der Waals surface area contributed by atoms with Gasteiger partial charge in [-0.2, -0.15) is 0 Å². The zero-order valence-electron chi connectivity index (χ0n) is 10.7. The van der Waals surface area contributed by atoms with Crippen molar-refractivity contribution in [3.63, 3.8) is 0 Å². The molecule has 1 aromatic carbocycles. The molecule has 1 nitrogen and oxygen atoms in total. The Bertz CT molecular complexity index is 409. The largest absolute Gasteiger partial charge is 0.314 e. The van der Waals surface area contributed by atoms with Crippen LogP contribution in [0.25, 0.3) is 0 Å². The van der Waals surface area contributed by atoms with Gasteiger partial charge in [-0.05, 0) is 43.5 Å². The Hall–Kier alpha value is -0.680. The summed E-state index contributed by atoms with van der Waals surface area (Å²) in [5.74, 6) is 2.69. The molecular formula is C15H19Cl2N. The monoisotopic (exact) mass is 283 g/mol. The first-order valence-electron chi connectivity index (χ1n) is 6.28. The number of nitrogens with one attached hydrogen (secondary N) is 1. The van der Waals surface area contributed by atoms with E-state index in [0.29, 0.717) is 11.1 Å². The fraction of sp³-hybridized carbons (Fsp3) is 0.467. The third-order valence-electron chi connectivity index (χ3n) is 2.80. The summed E-state index contributed by atoms with van der Waals surface area (Å²) in [7, 11) is 0. The minimum absolute atomic E-state index is 0.375. The lowest BCUT2D eigenvalue weighted by atomic mass is 10.0. The Balaban J connectivity index is 2.66. The van der Waals surface area contributed by atoms with E-state index in [1.165, 1.54) is 0 Å². The maximum atomic E-state index is 6.19. The maximum Gasteiger partial charge on any atom is 0.0453 e. The van der Waals surface area contributed by atoms with Crippen LogP contribution in [0.3, 0.4) is 0 Å². The normalized spacial score (nSPS) is 12.1. The smallest absolute Gasteiger partial charge is 0.0453 e. The van der Waals surface area contributed by atoms with Crippen LogP contribution >= 0.6 is 23.2 Å². The third-order valence-corrected chi connectivity index (χ3v) is 3.39. The highest BCUT2D eigenvalue weighted by atomic mass is 35.5. The summed E-state index contributed by atoms with van der Waals surface area (Å²) in [4.78, 5) is 0. The number of halogens is 2. The van der Waals surface area contributed by atoms with E-state index < -0.39 is 0 Å². The first kappa shape index (κ1) is 15.4. The first-order valence-corrected chi connectivity index (χ1v) is 7.03. The van der Waals surface area contributed by atoms with Crippen LogP contribution in [0.15, 0.2) is 18.2 Å². The fourth-order valence-electron chi connectivity index (χ4n) is 1.84. The lowest BCUT2D eigenvalue weighted by molar-refractivity contribution is 0.483. The number of rotatable bonds is 7. The molecule has 0 aliphatic rings. The molecule has 0 aliphatic carbocycles. The van der Waals surface area contributed by atoms with Crippen LogP contribution in [0.4, 0.5) is 0 Å². The minimum Gasteiger partial charge on any atom is -0.314 e. The predicted molar refractivity (Wildman–Crippen MR) is 80.3 cm³/mol. The van der Waals surface area contributed by atoms with E-state index in [1.54, 1.807) is 6.07 Å². The highest BCUT2D eigenvalue weighted by Crippen LogP contribution is 2.22. The summed E-state index contributed by atoms with van der Waals surface area (Å²) in [6.07, 6.45) is 9.08. The van der Waals surface area contributed by atoms with Gasteiger partial charge in [0.15, 0.2) is 0 Å². The average Bonchev–Trinajstić information content (AvgIpc) is 2.35. The first-order chi connectivity index (χ1) is 8.67. The minimum atomic E-state index is 0.375. The Morgan fingerprint density at radius 2 is 2.17 bits per heavy atom. The summed E-state index contributed by atoms with van der Waals surface area (Å²) >= 11 is 12.1. The van der Waals surface area contributed by atoms with Gasteiger partial charge in [-0.1, -0.05) is 36.2 Å². The number of hydrogen-bond acceptors (Lipinski definition) is 1. The molecule has 1 rings (SSSR count). The zero-order chi connectivity index (χ0) is 13.4. The Labute approximate surface area is 120 Å². The summed E-state index contributed by atoms with van der Waals surface area (Å²) in [6, 6.07) is 6.03. The van der Waals surface area contributed by atoms with E-state index in [4.69, 9.17) is 29.6 Å². The van der Waals surface area contributed by atoms with E-state index in [0.717, 1.165) is 42.8 Å². The maximum absolute atomic E-state index is 6.19. The van der Waals surface area contributed by atoms with Crippen molar-refractivity contribution in [3.05, 3.63) is 33.8 Å². The lowest BCUT2D eigenvalue weighted by Crippen LogP contribution is -2.31. The van der Waals surface area contributed by atoms with E-state index in [-0.39, 0.29) is 0 Å². The van der Waals surface area contributed by atoms with Crippen molar-refractivity contribution in [2.75, 3.05) is 6.54 Å². The van der Waals surface area contributed by atoms with Crippen LogP contribution in [-0.2, 0) is 6.42 Å². The van der Waals surface area contributed by atoms with Gasteiger partial charge in [0, 0.05) is 22.5 Å². The molecule has 1 unspecified atom stereocenters. The summed E-state index contributed by atoms with van der Waals surface area (Å²) in [5, 5.41) is 4.91. The lowest BCUT2D eigenvalue weighted by Gasteiger charge is -2.18. The van der Waals surface area contributed by atoms with Crippen molar-refractivity contribution < 1.29 is 0 Å². The molecular weight excluding hydrogens is 265 g/mol. The fourth-order valence-corrected chi connectivity index (χ4v) is 2.32. The van der Waals surface area contributed by atoms with E-state index in [1.807, 2.05) is 12.1 Å². The number of terminal acetylenes is 1.